The van der Waals surface area contributed by atoms with Crippen LogP contribution in [0.1, 0.15) is 34.6 Å². The average molecular weight is 451 g/mol. The van der Waals surface area contributed by atoms with E-state index in [1.165, 1.54) is 26.0 Å². The topological polar surface area (TPSA) is 105 Å². The minimum atomic E-state index is -1.17. The predicted octanol–water partition coefficient (Wildman–Crippen LogP) is 2.08. The molecule has 2 aromatic carbocycles. The number of hydrogen-bond donors (Lipinski definition) is 1. The lowest BCUT2D eigenvalue weighted by molar-refractivity contribution is -0.156. The lowest BCUT2D eigenvalue weighted by atomic mass is 10.1. The largest absolute Gasteiger partial charge is 0.451 e. The van der Waals surface area contributed by atoms with Crippen LogP contribution in [0.3, 0.4) is 0 Å². The van der Waals surface area contributed by atoms with Crippen molar-refractivity contribution in [2.75, 3.05) is 36.5 Å². The van der Waals surface area contributed by atoms with Crippen molar-refractivity contribution in [1.82, 2.24) is 4.90 Å². The number of morpholine rings is 1. The van der Waals surface area contributed by atoms with Crippen molar-refractivity contribution in [3.8, 4) is 0 Å². The standard InChI is InChI=1S/C24H25N3O6/c1-15(27-22(29)19-5-3-4-6-20(19)23(27)30)24(31)33-16(2)21(28)25-17-7-9-18(10-8-17)26-11-13-32-14-12-26/h3-10,15-16H,11-14H2,1-2H3,(H,25,28)/t15-,16-/m1/s1. The Bertz CT molecular complexity index is 1040. The van der Waals surface area contributed by atoms with Crippen LogP contribution < -0.4 is 10.2 Å². The summed E-state index contributed by atoms with van der Waals surface area (Å²) in [5.41, 5.74) is 2.08. The molecule has 1 fully saturated rings. The van der Waals surface area contributed by atoms with Crippen molar-refractivity contribution in [1.29, 1.82) is 0 Å². The molecule has 0 spiro atoms. The molecule has 33 heavy (non-hydrogen) atoms. The lowest BCUT2D eigenvalue weighted by Crippen LogP contribution is -2.45. The number of carbonyl (C=O) groups is 4. The maximum atomic E-state index is 12.6. The van der Waals surface area contributed by atoms with Crippen LogP contribution in [0.2, 0.25) is 0 Å². The number of rotatable bonds is 6. The Morgan fingerprint density at radius 3 is 2.09 bits per heavy atom. The van der Waals surface area contributed by atoms with Crippen LogP contribution in [0.15, 0.2) is 48.5 Å². The summed E-state index contributed by atoms with van der Waals surface area (Å²) >= 11 is 0. The Kier molecular flexibility index (Phi) is 6.41. The number of anilines is 2. The lowest BCUT2D eigenvalue weighted by Gasteiger charge is -2.29. The van der Waals surface area contributed by atoms with E-state index in [9.17, 15) is 19.2 Å². The van der Waals surface area contributed by atoms with Gasteiger partial charge in [-0.15, -0.1) is 0 Å². The van der Waals surface area contributed by atoms with Crippen molar-refractivity contribution >= 4 is 35.1 Å². The molecule has 9 nitrogen and oxygen atoms in total. The molecule has 0 aromatic heterocycles. The van der Waals surface area contributed by atoms with Crippen LogP contribution in [0.5, 0.6) is 0 Å². The number of carbonyl (C=O) groups excluding carboxylic acids is 4. The summed E-state index contributed by atoms with van der Waals surface area (Å²) in [6, 6.07) is 12.6. The van der Waals surface area contributed by atoms with Crippen molar-refractivity contribution in [3.05, 3.63) is 59.7 Å². The van der Waals surface area contributed by atoms with Gasteiger partial charge in [0.25, 0.3) is 17.7 Å². The Labute approximate surface area is 191 Å². The summed E-state index contributed by atoms with van der Waals surface area (Å²) in [6.07, 6.45) is -1.12. The second-order valence-corrected chi connectivity index (χ2v) is 7.92. The quantitative estimate of drug-likeness (QED) is 0.530. The molecule has 1 N–H and O–H groups in total. The Morgan fingerprint density at radius 1 is 0.939 bits per heavy atom. The molecule has 3 amide bonds. The number of hydrogen-bond acceptors (Lipinski definition) is 7. The predicted molar refractivity (Wildman–Crippen MR) is 120 cm³/mol. The van der Waals surface area contributed by atoms with Crippen LogP contribution in [0, 0.1) is 0 Å². The molecule has 0 radical (unpaired) electrons. The molecule has 4 rings (SSSR count). The number of fused-ring (bicyclic) bond motifs is 1. The number of amides is 3. The van der Waals surface area contributed by atoms with Gasteiger partial charge in [-0.05, 0) is 50.2 Å². The fourth-order valence-electron chi connectivity index (χ4n) is 3.81. The van der Waals surface area contributed by atoms with E-state index >= 15 is 0 Å². The summed E-state index contributed by atoms with van der Waals surface area (Å²) in [4.78, 5) is 53.3. The van der Waals surface area contributed by atoms with E-state index in [0.717, 1.165) is 23.7 Å². The number of ether oxygens (including phenoxy) is 2. The molecule has 0 unspecified atom stereocenters. The van der Waals surface area contributed by atoms with Gasteiger partial charge in [-0.25, -0.2) is 4.79 Å². The van der Waals surface area contributed by atoms with E-state index in [4.69, 9.17) is 9.47 Å². The summed E-state index contributed by atoms with van der Waals surface area (Å²) < 4.78 is 10.6. The fraction of sp³-hybridized carbons (Fsp3) is 0.333. The van der Waals surface area contributed by atoms with Gasteiger partial charge in [0.2, 0.25) is 0 Å². The van der Waals surface area contributed by atoms with Gasteiger partial charge in [0.1, 0.15) is 6.04 Å². The average Bonchev–Trinajstić information content (AvgIpc) is 3.09. The third-order valence-corrected chi connectivity index (χ3v) is 5.73. The molecule has 2 heterocycles. The zero-order valence-corrected chi connectivity index (χ0v) is 18.4. The van der Waals surface area contributed by atoms with Crippen molar-refractivity contribution in [2.45, 2.75) is 26.0 Å². The molecule has 0 saturated carbocycles. The van der Waals surface area contributed by atoms with Crippen molar-refractivity contribution in [2.24, 2.45) is 0 Å². The Balaban J connectivity index is 1.33. The minimum absolute atomic E-state index is 0.244. The molecular formula is C24H25N3O6. The van der Waals surface area contributed by atoms with Gasteiger partial charge in [0, 0.05) is 24.5 Å². The van der Waals surface area contributed by atoms with Crippen LogP contribution in [0.4, 0.5) is 11.4 Å². The van der Waals surface area contributed by atoms with E-state index in [-0.39, 0.29) is 11.1 Å². The smallest absolute Gasteiger partial charge is 0.329 e. The van der Waals surface area contributed by atoms with Gasteiger partial charge >= 0.3 is 5.97 Å². The van der Waals surface area contributed by atoms with Crippen molar-refractivity contribution in [3.63, 3.8) is 0 Å². The molecule has 2 aliphatic rings. The van der Waals surface area contributed by atoms with Gasteiger partial charge in [0.15, 0.2) is 6.10 Å². The first-order valence-corrected chi connectivity index (χ1v) is 10.8. The third-order valence-electron chi connectivity index (χ3n) is 5.73. The van der Waals surface area contributed by atoms with E-state index in [1.807, 2.05) is 12.1 Å². The Morgan fingerprint density at radius 2 is 1.52 bits per heavy atom. The molecule has 1 saturated heterocycles. The summed E-state index contributed by atoms with van der Waals surface area (Å²) in [7, 11) is 0. The van der Waals surface area contributed by atoms with E-state index in [0.29, 0.717) is 18.9 Å². The van der Waals surface area contributed by atoms with Crippen LogP contribution >= 0.6 is 0 Å². The van der Waals surface area contributed by atoms with Crippen LogP contribution in [0.25, 0.3) is 0 Å². The maximum Gasteiger partial charge on any atom is 0.329 e. The number of imide groups is 1. The molecule has 2 atom stereocenters. The second-order valence-electron chi connectivity index (χ2n) is 7.92. The number of nitrogens with zero attached hydrogens (tertiary/aromatic N) is 2. The maximum absolute atomic E-state index is 12.6. The highest BCUT2D eigenvalue weighted by atomic mass is 16.5. The zero-order valence-electron chi connectivity index (χ0n) is 18.4. The normalized spacial score (nSPS) is 17.4. The van der Waals surface area contributed by atoms with Crippen molar-refractivity contribution < 1.29 is 28.7 Å². The second kappa shape index (κ2) is 9.41. The van der Waals surface area contributed by atoms with Gasteiger partial charge < -0.3 is 19.7 Å². The van der Waals surface area contributed by atoms with Gasteiger partial charge in [0.05, 0.1) is 24.3 Å². The molecule has 172 valence electrons. The molecule has 9 heteroatoms. The highest BCUT2D eigenvalue weighted by Gasteiger charge is 2.41. The SMILES string of the molecule is C[C@H](C(=O)O[C@H](C)C(=O)Nc1ccc(N2CCOCC2)cc1)N1C(=O)c2ccccc2C1=O. The molecular weight excluding hydrogens is 426 g/mol. The minimum Gasteiger partial charge on any atom is -0.451 e. The van der Waals surface area contributed by atoms with E-state index in [2.05, 4.69) is 10.2 Å². The monoisotopic (exact) mass is 451 g/mol. The molecule has 2 aliphatic heterocycles. The summed E-state index contributed by atoms with van der Waals surface area (Å²) in [5, 5.41) is 2.71. The first kappa shape index (κ1) is 22.5. The zero-order chi connectivity index (χ0) is 23.5. The Hall–Kier alpha value is -3.72. The fourth-order valence-corrected chi connectivity index (χ4v) is 3.81. The summed E-state index contributed by atoms with van der Waals surface area (Å²) in [5.74, 6) is -2.47. The molecule has 0 aliphatic carbocycles. The number of esters is 1. The van der Waals surface area contributed by atoms with Crippen LogP contribution in [-0.4, -0.2) is 67.0 Å². The van der Waals surface area contributed by atoms with Gasteiger partial charge in [-0.3, -0.25) is 19.3 Å². The van der Waals surface area contributed by atoms with E-state index in [1.54, 1.807) is 24.3 Å². The molecule has 2 aromatic rings. The number of benzene rings is 2. The van der Waals surface area contributed by atoms with Crippen LogP contribution in [-0.2, 0) is 19.1 Å². The first-order chi connectivity index (χ1) is 15.9. The molecule has 0 bridgehead atoms. The first-order valence-electron chi connectivity index (χ1n) is 10.8. The highest BCUT2D eigenvalue weighted by Crippen LogP contribution is 2.25. The highest BCUT2D eigenvalue weighted by molar-refractivity contribution is 6.22. The number of nitrogens with one attached hydrogen (secondary N) is 1. The third kappa shape index (κ3) is 4.58. The summed E-state index contributed by atoms with van der Waals surface area (Å²) in [6.45, 7) is 5.82. The van der Waals surface area contributed by atoms with E-state index < -0.39 is 35.8 Å². The van der Waals surface area contributed by atoms with Gasteiger partial charge in [-0.1, -0.05) is 12.1 Å². The van der Waals surface area contributed by atoms with Gasteiger partial charge in [-0.2, -0.15) is 0 Å².